The van der Waals surface area contributed by atoms with Crippen LogP contribution in [-0.2, 0) is 0 Å². The Morgan fingerprint density at radius 2 is 2.00 bits per heavy atom. The number of fused-ring (bicyclic) bond motifs is 1. The summed E-state index contributed by atoms with van der Waals surface area (Å²) >= 11 is 1.30. The summed E-state index contributed by atoms with van der Waals surface area (Å²) in [5, 5.41) is 3.34. The lowest BCUT2D eigenvalue weighted by molar-refractivity contribution is -0.198. The molecule has 1 aliphatic rings. The molecule has 0 bridgehead atoms. The number of imidazole rings is 1. The quantitative estimate of drug-likeness (QED) is 0.633. The van der Waals surface area contributed by atoms with Gasteiger partial charge in [-0.15, -0.1) is 0 Å². The fraction of sp³-hybridized carbons (Fsp3) is 0.400. The molecule has 0 radical (unpaired) electrons. The summed E-state index contributed by atoms with van der Waals surface area (Å²) in [5.41, 5.74) is -0.793. The van der Waals surface area contributed by atoms with Gasteiger partial charge in [-0.05, 0) is 24.3 Å². The van der Waals surface area contributed by atoms with E-state index < -0.39 is 30.1 Å². The Labute approximate surface area is 146 Å². The molecular weight excluding hydrogens is 379 g/mol. The number of aromatic nitrogens is 4. The third-order valence-electron chi connectivity index (χ3n) is 4.56. The van der Waals surface area contributed by atoms with Crippen molar-refractivity contribution in [3.05, 3.63) is 39.3 Å². The van der Waals surface area contributed by atoms with Gasteiger partial charge in [0.2, 0.25) is 0 Å². The van der Waals surface area contributed by atoms with Gasteiger partial charge in [-0.25, -0.2) is 9.97 Å². The highest BCUT2D eigenvalue weighted by Gasteiger charge is 2.49. The Morgan fingerprint density at radius 1 is 1.27 bits per heavy atom. The zero-order valence-corrected chi connectivity index (χ0v) is 13.8. The van der Waals surface area contributed by atoms with Crippen molar-refractivity contribution in [1.82, 2.24) is 19.1 Å². The van der Waals surface area contributed by atoms with E-state index in [0.717, 1.165) is 6.33 Å². The molecule has 3 aromatic heterocycles. The second kappa shape index (κ2) is 5.86. The largest absolute Gasteiger partial charge is 0.391 e. The van der Waals surface area contributed by atoms with Crippen molar-refractivity contribution in [3.8, 4) is 5.69 Å². The van der Waals surface area contributed by atoms with Crippen molar-refractivity contribution in [2.45, 2.75) is 31.5 Å². The summed E-state index contributed by atoms with van der Waals surface area (Å²) in [6.07, 6.45) is -3.97. The zero-order chi connectivity index (χ0) is 18.6. The van der Waals surface area contributed by atoms with Gasteiger partial charge in [0, 0.05) is 11.3 Å². The van der Waals surface area contributed by atoms with Crippen LogP contribution >= 0.6 is 11.3 Å². The van der Waals surface area contributed by atoms with Crippen LogP contribution in [0.2, 0.25) is 0 Å². The van der Waals surface area contributed by atoms with E-state index in [0.29, 0.717) is 10.3 Å². The second-order valence-electron chi connectivity index (χ2n) is 6.10. The van der Waals surface area contributed by atoms with Crippen LogP contribution in [0, 0.1) is 5.92 Å². The molecule has 0 amide bonds. The Hall–Kier alpha value is -2.30. The molecule has 26 heavy (non-hydrogen) atoms. The van der Waals surface area contributed by atoms with E-state index in [4.69, 9.17) is 0 Å². The van der Waals surface area contributed by atoms with E-state index in [-0.39, 0.29) is 29.8 Å². The maximum Gasteiger partial charge on any atom is 0.391 e. The van der Waals surface area contributed by atoms with Gasteiger partial charge >= 0.3 is 12.7 Å². The molecule has 0 aliphatic heterocycles. The minimum atomic E-state index is -4.32. The molecular formula is C15H11F5N4OS. The predicted octanol–water partition coefficient (Wildman–Crippen LogP) is 4.09. The van der Waals surface area contributed by atoms with Crippen molar-refractivity contribution in [2.24, 2.45) is 5.92 Å². The van der Waals surface area contributed by atoms with Gasteiger partial charge < -0.3 is 0 Å². The van der Waals surface area contributed by atoms with Crippen LogP contribution in [0.3, 0.4) is 0 Å². The molecule has 1 fully saturated rings. The van der Waals surface area contributed by atoms with E-state index in [9.17, 15) is 26.7 Å². The molecule has 0 saturated heterocycles. The first-order valence-electron chi connectivity index (χ1n) is 7.64. The third-order valence-corrected chi connectivity index (χ3v) is 5.23. The lowest BCUT2D eigenvalue weighted by Crippen LogP contribution is -2.37. The van der Waals surface area contributed by atoms with Crippen LogP contribution in [-0.4, -0.2) is 25.3 Å². The van der Waals surface area contributed by atoms with Crippen LogP contribution in [0.15, 0.2) is 27.9 Å². The molecule has 3 heterocycles. The summed E-state index contributed by atoms with van der Waals surface area (Å²) in [4.78, 5) is 20.6. The number of rotatable bonds is 3. The first-order chi connectivity index (χ1) is 12.3. The van der Waals surface area contributed by atoms with Crippen LogP contribution in [0.1, 0.15) is 31.1 Å². The highest BCUT2D eigenvalue weighted by atomic mass is 32.1. The number of hydrogen-bond donors (Lipinski definition) is 0. The van der Waals surface area contributed by atoms with Crippen molar-refractivity contribution in [1.29, 1.82) is 0 Å². The molecule has 1 saturated carbocycles. The smallest absolute Gasteiger partial charge is 0.266 e. The fourth-order valence-corrected chi connectivity index (χ4v) is 3.75. The molecule has 0 unspecified atom stereocenters. The average molecular weight is 390 g/mol. The standard InChI is InChI=1S/C15H11F5N4OS/c16-14(17)23-6-21-10-12(23)22-11(7-3-8(4-7)15(18,19)20)24(13(10)25)9-1-2-26-5-9/h1-2,5-8,14H,3-4H2/t7-,8+. The summed E-state index contributed by atoms with van der Waals surface area (Å²) in [6.45, 7) is -2.96. The molecule has 0 aromatic carbocycles. The van der Waals surface area contributed by atoms with Crippen LogP contribution in [0.4, 0.5) is 22.0 Å². The van der Waals surface area contributed by atoms with E-state index >= 15 is 0 Å². The average Bonchev–Trinajstić information content (AvgIpc) is 3.13. The number of nitrogens with zero attached hydrogens (tertiary/aromatic N) is 4. The highest BCUT2D eigenvalue weighted by Crippen LogP contribution is 2.49. The van der Waals surface area contributed by atoms with Gasteiger partial charge in [0.15, 0.2) is 11.2 Å². The lowest BCUT2D eigenvalue weighted by atomic mass is 9.74. The van der Waals surface area contributed by atoms with Gasteiger partial charge in [0.1, 0.15) is 12.2 Å². The SMILES string of the molecule is O=c1c2ncn(C(F)F)c2nc([C@H]2C[C@@H](C(F)(F)F)C2)n1-c1ccsc1. The third kappa shape index (κ3) is 2.61. The number of halogens is 5. The molecule has 0 N–H and O–H groups in total. The topological polar surface area (TPSA) is 52.7 Å². The van der Waals surface area contributed by atoms with E-state index in [1.807, 2.05) is 0 Å². The molecule has 0 atom stereocenters. The number of alkyl halides is 5. The minimum absolute atomic E-state index is 0.0591. The monoisotopic (exact) mass is 390 g/mol. The highest BCUT2D eigenvalue weighted by molar-refractivity contribution is 7.08. The Kier molecular flexibility index (Phi) is 3.86. The molecule has 0 spiro atoms. The molecule has 4 rings (SSSR count). The van der Waals surface area contributed by atoms with Gasteiger partial charge in [0.25, 0.3) is 5.56 Å². The van der Waals surface area contributed by atoms with Gasteiger partial charge in [0.05, 0.1) is 11.6 Å². The normalized spacial score (nSPS) is 20.7. The lowest BCUT2D eigenvalue weighted by Gasteiger charge is -2.36. The van der Waals surface area contributed by atoms with E-state index in [1.165, 1.54) is 15.9 Å². The zero-order valence-electron chi connectivity index (χ0n) is 13.0. The summed E-state index contributed by atoms with van der Waals surface area (Å²) in [7, 11) is 0. The number of thiophene rings is 1. The van der Waals surface area contributed by atoms with Crippen LogP contribution in [0.25, 0.3) is 16.9 Å². The fourth-order valence-electron chi connectivity index (χ4n) is 3.13. The Morgan fingerprint density at radius 3 is 2.58 bits per heavy atom. The maximum absolute atomic E-state index is 13.1. The predicted molar refractivity (Wildman–Crippen MR) is 83.8 cm³/mol. The number of hydrogen-bond acceptors (Lipinski definition) is 4. The van der Waals surface area contributed by atoms with Crippen LogP contribution < -0.4 is 5.56 Å². The second-order valence-corrected chi connectivity index (χ2v) is 6.88. The van der Waals surface area contributed by atoms with Gasteiger partial charge in [-0.1, -0.05) is 0 Å². The van der Waals surface area contributed by atoms with Gasteiger partial charge in [-0.2, -0.15) is 33.3 Å². The molecule has 3 aromatic rings. The van der Waals surface area contributed by atoms with Crippen LogP contribution in [0.5, 0.6) is 0 Å². The maximum atomic E-state index is 13.1. The Balaban J connectivity index is 1.88. The first-order valence-corrected chi connectivity index (χ1v) is 8.58. The van der Waals surface area contributed by atoms with Crippen molar-refractivity contribution >= 4 is 22.5 Å². The van der Waals surface area contributed by atoms with Gasteiger partial charge in [-0.3, -0.25) is 13.9 Å². The molecule has 5 nitrogen and oxygen atoms in total. The molecule has 11 heteroatoms. The van der Waals surface area contributed by atoms with Crippen molar-refractivity contribution in [2.75, 3.05) is 0 Å². The van der Waals surface area contributed by atoms with Crippen molar-refractivity contribution < 1.29 is 22.0 Å². The molecule has 138 valence electrons. The first kappa shape index (κ1) is 17.1. The van der Waals surface area contributed by atoms with Crippen molar-refractivity contribution in [3.63, 3.8) is 0 Å². The Bertz CT molecular complexity index is 1000. The summed E-state index contributed by atoms with van der Waals surface area (Å²) in [6, 6.07) is 1.62. The van der Waals surface area contributed by atoms with E-state index in [2.05, 4.69) is 9.97 Å². The summed E-state index contributed by atoms with van der Waals surface area (Å²) in [5.74, 6) is -2.06. The van der Waals surface area contributed by atoms with E-state index in [1.54, 1.807) is 16.8 Å². The summed E-state index contributed by atoms with van der Waals surface area (Å²) < 4.78 is 66.3. The molecule has 1 aliphatic carbocycles. The minimum Gasteiger partial charge on any atom is -0.266 e.